The fraction of sp³-hybridized carbons (Fsp3) is 0.0909. The lowest BCUT2D eigenvalue weighted by Crippen LogP contribution is -2.11. The number of aromatic nitrogens is 2. The monoisotopic (exact) mass is 260 g/mol. The smallest absolute Gasteiger partial charge is 0.233 e. The van der Waals surface area contributed by atoms with Crippen LogP contribution in [0.1, 0.15) is 5.82 Å². The second-order valence-electron chi connectivity index (χ2n) is 3.39. The third kappa shape index (κ3) is 2.44. The molecule has 7 heteroatoms. The van der Waals surface area contributed by atoms with Gasteiger partial charge >= 0.3 is 6.18 Å². The van der Waals surface area contributed by atoms with Gasteiger partial charge in [0.05, 0.1) is 5.69 Å². The van der Waals surface area contributed by atoms with Gasteiger partial charge in [-0.05, 0) is 18.2 Å². The predicted molar refractivity (Wildman–Crippen MR) is 52.4 cm³/mol. The Hall–Kier alpha value is -2.05. The molecule has 0 aliphatic rings. The lowest BCUT2D eigenvalue weighted by molar-refractivity contribution is -0.144. The minimum Gasteiger partial charge on any atom is -0.233 e. The highest BCUT2D eigenvalue weighted by Crippen LogP contribution is 2.28. The van der Waals surface area contributed by atoms with Crippen LogP contribution < -0.4 is 0 Å². The first-order chi connectivity index (χ1) is 8.38. The average molecular weight is 260 g/mol. The van der Waals surface area contributed by atoms with Crippen molar-refractivity contribution >= 4 is 0 Å². The van der Waals surface area contributed by atoms with Gasteiger partial charge in [0, 0.05) is 17.8 Å². The van der Waals surface area contributed by atoms with Gasteiger partial charge in [-0.15, -0.1) is 0 Å². The van der Waals surface area contributed by atoms with Crippen molar-refractivity contribution in [1.82, 2.24) is 9.97 Å². The van der Waals surface area contributed by atoms with Crippen molar-refractivity contribution < 1.29 is 22.0 Å². The molecule has 2 rings (SSSR count). The zero-order chi connectivity index (χ0) is 13.3. The molecular weight excluding hydrogens is 255 g/mol. The van der Waals surface area contributed by atoms with Gasteiger partial charge in [-0.1, -0.05) is 0 Å². The molecule has 0 aliphatic heterocycles. The highest BCUT2D eigenvalue weighted by molar-refractivity contribution is 5.59. The average Bonchev–Trinajstić information content (AvgIpc) is 2.28. The minimum absolute atomic E-state index is 0.218. The summed E-state index contributed by atoms with van der Waals surface area (Å²) < 4.78 is 63.2. The highest BCUT2D eigenvalue weighted by atomic mass is 19.4. The van der Waals surface area contributed by atoms with Gasteiger partial charge in [-0.25, -0.2) is 18.7 Å². The Bertz CT molecular complexity index is 580. The van der Waals surface area contributed by atoms with Crippen LogP contribution in [0.2, 0.25) is 0 Å². The number of alkyl halides is 3. The van der Waals surface area contributed by atoms with E-state index in [1.807, 2.05) is 0 Å². The van der Waals surface area contributed by atoms with Crippen LogP contribution in [0.15, 0.2) is 30.5 Å². The van der Waals surface area contributed by atoms with Crippen LogP contribution in [0, 0.1) is 11.6 Å². The van der Waals surface area contributed by atoms with Gasteiger partial charge < -0.3 is 0 Å². The first-order valence-electron chi connectivity index (χ1n) is 4.73. The zero-order valence-corrected chi connectivity index (χ0v) is 8.67. The molecule has 2 aromatic rings. The third-order valence-electron chi connectivity index (χ3n) is 2.12. The van der Waals surface area contributed by atoms with Crippen molar-refractivity contribution in [3.8, 4) is 11.3 Å². The van der Waals surface area contributed by atoms with Gasteiger partial charge in [0.1, 0.15) is 11.6 Å². The Morgan fingerprint density at radius 2 is 1.72 bits per heavy atom. The van der Waals surface area contributed by atoms with Crippen LogP contribution in [0.3, 0.4) is 0 Å². The number of rotatable bonds is 1. The van der Waals surface area contributed by atoms with Gasteiger partial charge in [0.15, 0.2) is 0 Å². The lowest BCUT2D eigenvalue weighted by atomic mass is 10.1. The predicted octanol–water partition coefficient (Wildman–Crippen LogP) is 3.44. The number of benzene rings is 1. The molecule has 0 fully saturated rings. The second kappa shape index (κ2) is 4.32. The number of nitrogens with zero attached hydrogens (tertiary/aromatic N) is 2. The summed E-state index contributed by atoms with van der Waals surface area (Å²) in [6.07, 6.45) is -3.85. The molecule has 0 amide bonds. The van der Waals surface area contributed by atoms with Crippen molar-refractivity contribution in [1.29, 1.82) is 0 Å². The van der Waals surface area contributed by atoms with E-state index < -0.39 is 23.6 Å². The van der Waals surface area contributed by atoms with E-state index in [4.69, 9.17) is 0 Å². The molecule has 94 valence electrons. The first kappa shape index (κ1) is 12.4. The van der Waals surface area contributed by atoms with Gasteiger partial charge in [-0.2, -0.15) is 13.2 Å². The summed E-state index contributed by atoms with van der Waals surface area (Å²) in [4.78, 5) is 6.26. The van der Waals surface area contributed by atoms with Crippen molar-refractivity contribution in [3.05, 3.63) is 47.9 Å². The summed E-state index contributed by atoms with van der Waals surface area (Å²) >= 11 is 0. The largest absolute Gasteiger partial charge is 0.451 e. The second-order valence-corrected chi connectivity index (χ2v) is 3.39. The zero-order valence-electron chi connectivity index (χ0n) is 8.67. The van der Waals surface area contributed by atoms with E-state index in [-0.39, 0.29) is 11.3 Å². The molecule has 1 aromatic carbocycles. The highest BCUT2D eigenvalue weighted by Gasteiger charge is 2.34. The molecule has 0 unspecified atom stereocenters. The maximum Gasteiger partial charge on any atom is 0.451 e. The summed E-state index contributed by atoms with van der Waals surface area (Å²) in [7, 11) is 0. The van der Waals surface area contributed by atoms with E-state index in [2.05, 4.69) is 9.97 Å². The number of hydrogen-bond acceptors (Lipinski definition) is 2. The van der Waals surface area contributed by atoms with Crippen LogP contribution in [0.4, 0.5) is 22.0 Å². The molecule has 0 atom stereocenters. The fourth-order valence-electron chi connectivity index (χ4n) is 1.34. The van der Waals surface area contributed by atoms with Gasteiger partial charge in [-0.3, -0.25) is 0 Å². The van der Waals surface area contributed by atoms with Crippen molar-refractivity contribution in [2.24, 2.45) is 0 Å². The van der Waals surface area contributed by atoms with E-state index >= 15 is 0 Å². The van der Waals surface area contributed by atoms with E-state index in [1.165, 1.54) is 0 Å². The number of halogens is 5. The Morgan fingerprint density at radius 3 is 2.33 bits per heavy atom. The molecule has 0 radical (unpaired) electrons. The molecule has 1 heterocycles. The molecule has 0 N–H and O–H groups in total. The SMILES string of the molecule is Fc1ccc(-c2ccnc(C(F)(F)F)n2)c(F)c1. The Morgan fingerprint density at radius 1 is 1.00 bits per heavy atom. The van der Waals surface area contributed by atoms with E-state index in [0.717, 1.165) is 24.4 Å². The van der Waals surface area contributed by atoms with Crippen LogP contribution in [0.5, 0.6) is 0 Å². The molecule has 18 heavy (non-hydrogen) atoms. The quantitative estimate of drug-likeness (QED) is 0.734. The van der Waals surface area contributed by atoms with Crippen LogP contribution in [-0.4, -0.2) is 9.97 Å². The summed E-state index contributed by atoms with van der Waals surface area (Å²) in [6.45, 7) is 0. The normalized spacial score (nSPS) is 11.6. The molecule has 0 saturated heterocycles. The van der Waals surface area contributed by atoms with Crippen molar-refractivity contribution in [2.45, 2.75) is 6.18 Å². The van der Waals surface area contributed by atoms with Gasteiger partial charge in [0.2, 0.25) is 5.82 Å². The summed E-state index contributed by atoms with van der Waals surface area (Å²) in [5.41, 5.74) is -0.473. The topological polar surface area (TPSA) is 25.8 Å². The molecule has 0 spiro atoms. The Kier molecular flexibility index (Phi) is 2.98. The fourth-order valence-corrected chi connectivity index (χ4v) is 1.34. The lowest BCUT2D eigenvalue weighted by Gasteiger charge is -2.07. The number of hydrogen-bond donors (Lipinski definition) is 0. The molecule has 0 bridgehead atoms. The Labute approximate surface area is 98.1 Å². The standard InChI is InChI=1S/C11H5F5N2/c12-6-1-2-7(8(13)5-6)9-3-4-17-10(18-9)11(14,15)16/h1-5H. The maximum atomic E-state index is 13.4. The molecule has 2 nitrogen and oxygen atoms in total. The summed E-state index contributed by atoms with van der Waals surface area (Å²) in [5.74, 6) is -3.17. The van der Waals surface area contributed by atoms with Crippen LogP contribution in [-0.2, 0) is 6.18 Å². The van der Waals surface area contributed by atoms with Crippen molar-refractivity contribution in [3.63, 3.8) is 0 Å². The molecule has 1 aromatic heterocycles. The van der Waals surface area contributed by atoms with E-state index in [9.17, 15) is 22.0 Å². The molecule has 0 saturated carbocycles. The van der Waals surface area contributed by atoms with E-state index in [0.29, 0.717) is 6.07 Å². The van der Waals surface area contributed by atoms with E-state index in [1.54, 1.807) is 0 Å². The van der Waals surface area contributed by atoms with Crippen LogP contribution >= 0.6 is 0 Å². The van der Waals surface area contributed by atoms with Crippen LogP contribution in [0.25, 0.3) is 11.3 Å². The van der Waals surface area contributed by atoms with Crippen molar-refractivity contribution in [2.75, 3.05) is 0 Å². The maximum absolute atomic E-state index is 13.4. The van der Waals surface area contributed by atoms with Gasteiger partial charge in [0.25, 0.3) is 0 Å². The third-order valence-corrected chi connectivity index (χ3v) is 2.12. The first-order valence-corrected chi connectivity index (χ1v) is 4.73. The summed E-state index contributed by atoms with van der Waals surface area (Å²) in [6, 6.07) is 3.65. The Balaban J connectivity index is 2.51. The minimum atomic E-state index is -4.72. The molecular formula is C11H5F5N2. The molecule has 0 aliphatic carbocycles. The summed E-state index contributed by atoms with van der Waals surface area (Å²) in [5, 5.41) is 0.